The largest absolute Gasteiger partial charge is 0.347 e. The minimum absolute atomic E-state index is 0.0788. The Bertz CT molecular complexity index is 122. The lowest BCUT2D eigenvalue weighted by Gasteiger charge is -2.01. The first-order chi connectivity index (χ1) is 4.02. The predicted molar refractivity (Wildman–Crippen MR) is 38.7 cm³/mol. The van der Waals surface area contributed by atoms with Gasteiger partial charge in [0.05, 0.1) is 0 Å². The number of hydrogen-bond acceptors (Lipinski definition) is 1. The fourth-order valence-electron chi connectivity index (χ4n) is 1.05. The van der Waals surface area contributed by atoms with Gasteiger partial charge in [0.15, 0.2) is 5.06 Å². The van der Waals surface area contributed by atoms with Gasteiger partial charge in [-0.15, -0.1) is 0 Å². The maximum atomic E-state index is 6.01. The topological polar surface area (TPSA) is 12.5 Å². The lowest BCUT2D eigenvalue weighted by atomic mass is 10.1. The molecule has 1 nitrogen and oxygen atoms in total. The van der Waals surface area contributed by atoms with E-state index in [0.717, 1.165) is 12.8 Å². The standard InChI is InChI=1S/C7H13ClO/c1-4-5-7(8)6(2,3)9-7/h4-5H2,1-3H3. The molecule has 0 bridgehead atoms. The van der Waals surface area contributed by atoms with Crippen LogP contribution >= 0.6 is 11.6 Å². The third-order valence-electron chi connectivity index (χ3n) is 1.85. The summed E-state index contributed by atoms with van der Waals surface area (Å²) >= 11 is 6.01. The van der Waals surface area contributed by atoms with Crippen LogP contribution in [0.25, 0.3) is 0 Å². The van der Waals surface area contributed by atoms with Crippen LogP contribution in [0, 0.1) is 0 Å². The Morgan fingerprint density at radius 2 is 1.89 bits per heavy atom. The quantitative estimate of drug-likeness (QED) is 0.433. The van der Waals surface area contributed by atoms with E-state index in [9.17, 15) is 0 Å². The SMILES string of the molecule is CCCC1(Cl)OC1(C)C. The third-order valence-corrected chi connectivity index (χ3v) is 2.57. The molecule has 1 atom stereocenters. The molecule has 1 heterocycles. The van der Waals surface area contributed by atoms with Gasteiger partial charge in [0.1, 0.15) is 5.60 Å². The van der Waals surface area contributed by atoms with E-state index in [1.165, 1.54) is 0 Å². The predicted octanol–water partition coefficient (Wildman–Crippen LogP) is 2.53. The third kappa shape index (κ3) is 1.08. The summed E-state index contributed by atoms with van der Waals surface area (Å²) in [5.74, 6) is 0. The zero-order chi connectivity index (χ0) is 7.12. The Kier molecular flexibility index (Phi) is 1.52. The van der Waals surface area contributed by atoms with Crippen LogP contribution < -0.4 is 0 Å². The van der Waals surface area contributed by atoms with Gasteiger partial charge in [0, 0.05) is 0 Å². The number of halogens is 1. The van der Waals surface area contributed by atoms with Crippen LogP contribution in [0.5, 0.6) is 0 Å². The summed E-state index contributed by atoms with van der Waals surface area (Å²) in [4.78, 5) is 0. The number of rotatable bonds is 2. The molecular formula is C7H13ClO. The minimum Gasteiger partial charge on any atom is -0.347 e. The molecule has 1 fully saturated rings. The van der Waals surface area contributed by atoms with Gasteiger partial charge in [0.2, 0.25) is 0 Å². The van der Waals surface area contributed by atoms with Crippen molar-refractivity contribution in [3.63, 3.8) is 0 Å². The smallest absolute Gasteiger partial charge is 0.170 e. The molecule has 2 heteroatoms. The molecule has 0 saturated carbocycles. The highest BCUT2D eigenvalue weighted by Crippen LogP contribution is 2.53. The molecule has 0 aliphatic carbocycles. The van der Waals surface area contributed by atoms with Gasteiger partial charge in [-0.3, -0.25) is 0 Å². The van der Waals surface area contributed by atoms with Crippen molar-refractivity contribution in [1.82, 2.24) is 0 Å². The van der Waals surface area contributed by atoms with Crippen molar-refractivity contribution in [2.75, 3.05) is 0 Å². The molecule has 54 valence electrons. The minimum atomic E-state index is -0.332. The summed E-state index contributed by atoms with van der Waals surface area (Å²) in [7, 11) is 0. The number of alkyl halides is 1. The molecule has 0 spiro atoms. The first-order valence-electron chi connectivity index (χ1n) is 3.41. The monoisotopic (exact) mass is 148 g/mol. The van der Waals surface area contributed by atoms with Gasteiger partial charge in [-0.05, 0) is 20.3 Å². The Balaban J connectivity index is 2.42. The normalized spacial score (nSPS) is 38.7. The van der Waals surface area contributed by atoms with Crippen LogP contribution in [-0.2, 0) is 4.74 Å². The van der Waals surface area contributed by atoms with Crippen LogP contribution in [-0.4, -0.2) is 10.7 Å². The molecule has 9 heavy (non-hydrogen) atoms. The van der Waals surface area contributed by atoms with Crippen molar-refractivity contribution >= 4 is 11.6 Å². The van der Waals surface area contributed by atoms with E-state index < -0.39 is 0 Å². The van der Waals surface area contributed by atoms with E-state index in [4.69, 9.17) is 16.3 Å². The second-order valence-corrected chi connectivity index (χ2v) is 3.70. The molecule has 1 aliphatic rings. The first kappa shape index (κ1) is 7.36. The van der Waals surface area contributed by atoms with Gasteiger partial charge in [-0.25, -0.2) is 0 Å². The van der Waals surface area contributed by atoms with E-state index in [-0.39, 0.29) is 10.7 Å². The first-order valence-corrected chi connectivity index (χ1v) is 3.79. The highest BCUT2D eigenvalue weighted by atomic mass is 35.5. The lowest BCUT2D eigenvalue weighted by Crippen LogP contribution is -2.12. The summed E-state index contributed by atoms with van der Waals surface area (Å²) < 4.78 is 5.30. The number of hydrogen-bond donors (Lipinski definition) is 0. The second-order valence-electron chi connectivity index (χ2n) is 3.09. The maximum Gasteiger partial charge on any atom is 0.170 e. The van der Waals surface area contributed by atoms with Crippen molar-refractivity contribution in [3.8, 4) is 0 Å². The van der Waals surface area contributed by atoms with E-state index in [0.29, 0.717) is 0 Å². The highest BCUT2D eigenvalue weighted by molar-refractivity contribution is 6.25. The zero-order valence-electron chi connectivity index (χ0n) is 6.20. The van der Waals surface area contributed by atoms with Gasteiger partial charge in [-0.1, -0.05) is 24.9 Å². The average molecular weight is 149 g/mol. The molecule has 0 amide bonds. The van der Waals surface area contributed by atoms with Crippen molar-refractivity contribution < 1.29 is 4.74 Å². The van der Waals surface area contributed by atoms with E-state index in [1.807, 2.05) is 13.8 Å². The summed E-state index contributed by atoms with van der Waals surface area (Å²) in [6.45, 7) is 6.16. The Morgan fingerprint density at radius 3 is 2.00 bits per heavy atom. The fourth-order valence-corrected chi connectivity index (χ4v) is 1.43. The van der Waals surface area contributed by atoms with E-state index in [1.54, 1.807) is 0 Å². The summed E-state index contributed by atoms with van der Waals surface area (Å²) in [5.41, 5.74) is -0.0788. The molecule has 0 aromatic carbocycles. The Labute approximate surface area is 61.3 Å². The van der Waals surface area contributed by atoms with Gasteiger partial charge < -0.3 is 4.74 Å². The second kappa shape index (κ2) is 1.86. The van der Waals surface area contributed by atoms with Gasteiger partial charge in [0.25, 0.3) is 0 Å². The van der Waals surface area contributed by atoms with Crippen molar-refractivity contribution in [2.45, 2.75) is 44.3 Å². The molecule has 0 radical (unpaired) electrons. The van der Waals surface area contributed by atoms with Gasteiger partial charge in [-0.2, -0.15) is 0 Å². The van der Waals surface area contributed by atoms with Crippen LogP contribution in [0.2, 0.25) is 0 Å². The average Bonchev–Trinajstić information content (AvgIpc) is 2.07. The highest BCUT2D eigenvalue weighted by Gasteiger charge is 2.61. The molecule has 1 aliphatic heterocycles. The molecule has 1 saturated heterocycles. The molecule has 1 unspecified atom stereocenters. The van der Waals surface area contributed by atoms with E-state index in [2.05, 4.69) is 6.92 Å². The van der Waals surface area contributed by atoms with Crippen molar-refractivity contribution in [1.29, 1.82) is 0 Å². The van der Waals surface area contributed by atoms with Crippen molar-refractivity contribution in [2.24, 2.45) is 0 Å². The Hall–Kier alpha value is 0.250. The molecular weight excluding hydrogens is 136 g/mol. The lowest BCUT2D eigenvalue weighted by molar-refractivity contribution is 0.306. The van der Waals surface area contributed by atoms with Crippen LogP contribution in [0.15, 0.2) is 0 Å². The van der Waals surface area contributed by atoms with Crippen LogP contribution in [0.4, 0.5) is 0 Å². The molecule has 0 aromatic heterocycles. The summed E-state index contributed by atoms with van der Waals surface area (Å²) in [5, 5.41) is -0.332. The van der Waals surface area contributed by atoms with Gasteiger partial charge >= 0.3 is 0 Å². The number of ether oxygens (including phenoxy) is 1. The number of epoxide rings is 1. The van der Waals surface area contributed by atoms with Crippen molar-refractivity contribution in [3.05, 3.63) is 0 Å². The van der Waals surface area contributed by atoms with Crippen LogP contribution in [0.3, 0.4) is 0 Å². The summed E-state index contributed by atoms with van der Waals surface area (Å²) in [6.07, 6.45) is 2.05. The molecule has 0 N–H and O–H groups in total. The fraction of sp³-hybridized carbons (Fsp3) is 1.00. The Morgan fingerprint density at radius 1 is 1.44 bits per heavy atom. The van der Waals surface area contributed by atoms with Crippen LogP contribution in [0.1, 0.15) is 33.6 Å². The summed E-state index contributed by atoms with van der Waals surface area (Å²) in [6, 6.07) is 0. The molecule has 0 aromatic rings. The van der Waals surface area contributed by atoms with E-state index >= 15 is 0 Å². The molecule has 1 rings (SSSR count). The maximum absolute atomic E-state index is 6.01. The zero-order valence-corrected chi connectivity index (χ0v) is 6.96.